The number of carbonyl (C=O) groups excluding carboxylic acids is 1. The number of nitrogens with zero attached hydrogens (tertiary/aromatic N) is 2. The molecule has 1 aliphatic heterocycles. The molecule has 136 valence electrons. The number of rotatable bonds is 4. The summed E-state index contributed by atoms with van der Waals surface area (Å²) in [5, 5.41) is 3.40. The van der Waals surface area contributed by atoms with Gasteiger partial charge in [0.25, 0.3) is 0 Å². The topological polar surface area (TPSA) is 53.9 Å². The third-order valence-electron chi connectivity index (χ3n) is 5.51. The van der Waals surface area contributed by atoms with Gasteiger partial charge in [0, 0.05) is 32.1 Å². The summed E-state index contributed by atoms with van der Waals surface area (Å²) in [5.41, 5.74) is 0.633. The number of carbonyl (C=O) groups is 1. The number of likely N-dealkylation sites (tertiary alicyclic amines) is 1. The number of ether oxygens (including phenoxy) is 1. The number of methoxy groups -OCH3 is 1. The molecule has 1 saturated carbocycles. The van der Waals surface area contributed by atoms with Gasteiger partial charge in [0.2, 0.25) is 0 Å². The smallest absolute Gasteiger partial charge is 0.310 e. The van der Waals surface area contributed by atoms with E-state index in [1.165, 1.54) is 13.2 Å². The summed E-state index contributed by atoms with van der Waals surface area (Å²) in [6, 6.07) is 7.00. The average Bonchev–Trinajstić information content (AvgIpc) is 3.30. The first-order valence-corrected chi connectivity index (χ1v) is 8.79. The number of hydrogen-bond acceptors (Lipinski definition) is 3. The molecule has 1 aromatic carbocycles. The molecule has 0 bridgehead atoms. The van der Waals surface area contributed by atoms with Gasteiger partial charge in [0.1, 0.15) is 5.82 Å². The van der Waals surface area contributed by atoms with Gasteiger partial charge in [-0.15, -0.1) is 0 Å². The van der Waals surface area contributed by atoms with Crippen LogP contribution in [0.25, 0.3) is 0 Å². The third-order valence-corrected chi connectivity index (χ3v) is 5.51. The van der Waals surface area contributed by atoms with Gasteiger partial charge in [-0.2, -0.15) is 0 Å². The van der Waals surface area contributed by atoms with Crippen LogP contribution in [-0.2, 0) is 14.9 Å². The lowest BCUT2D eigenvalue weighted by atomic mass is 9.95. The predicted molar refractivity (Wildman–Crippen MR) is 94.9 cm³/mol. The first-order chi connectivity index (χ1) is 12.0. The SMILES string of the molecule is CN=C(NCC1(c2ccccc2F)CC1)N1CC(C)C(C(=O)OC)C1. The molecular weight excluding hydrogens is 321 g/mol. The van der Waals surface area contributed by atoms with Gasteiger partial charge in [0.15, 0.2) is 5.96 Å². The summed E-state index contributed by atoms with van der Waals surface area (Å²) < 4.78 is 19.0. The van der Waals surface area contributed by atoms with Crippen LogP contribution in [0, 0.1) is 17.7 Å². The Morgan fingerprint density at radius 1 is 1.40 bits per heavy atom. The van der Waals surface area contributed by atoms with Crippen molar-refractivity contribution < 1.29 is 13.9 Å². The summed E-state index contributed by atoms with van der Waals surface area (Å²) in [4.78, 5) is 18.3. The van der Waals surface area contributed by atoms with E-state index in [9.17, 15) is 9.18 Å². The van der Waals surface area contributed by atoms with E-state index in [0.29, 0.717) is 13.1 Å². The minimum Gasteiger partial charge on any atom is -0.469 e. The van der Waals surface area contributed by atoms with E-state index in [4.69, 9.17) is 4.74 Å². The van der Waals surface area contributed by atoms with Crippen molar-refractivity contribution in [1.29, 1.82) is 0 Å². The fourth-order valence-electron chi connectivity index (χ4n) is 3.76. The molecule has 1 saturated heterocycles. The van der Waals surface area contributed by atoms with E-state index >= 15 is 0 Å². The van der Waals surface area contributed by atoms with E-state index in [1.807, 2.05) is 12.1 Å². The Kier molecular flexibility index (Phi) is 4.97. The first kappa shape index (κ1) is 17.7. The molecule has 1 aliphatic carbocycles. The molecule has 6 heteroatoms. The largest absolute Gasteiger partial charge is 0.469 e. The van der Waals surface area contributed by atoms with Gasteiger partial charge < -0.3 is 15.0 Å². The summed E-state index contributed by atoms with van der Waals surface area (Å²) in [7, 11) is 3.16. The summed E-state index contributed by atoms with van der Waals surface area (Å²) in [6.07, 6.45) is 1.94. The van der Waals surface area contributed by atoms with Crippen molar-refractivity contribution in [1.82, 2.24) is 10.2 Å². The Morgan fingerprint density at radius 3 is 2.72 bits per heavy atom. The fraction of sp³-hybridized carbons (Fsp3) is 0.579. The minimum absolute atomic E-state index is 0.134. The second-order valence-corrected chi connectivity index (χ2v) is 7.17. The number of benzene rings is 1. The Balaban J connectivity index is 1.65. The molecule has 2 fully saturated rings. The number of aliphatic imine (C=N–C) groups is 1. The fourth-order valence-corrected chi connectivity index (χ4v) is 3.76. The van der Waals surface area contributed by atoms with Crippen molar-refractivity contribution in [3.05, 3.63) is 35.6 Å². The van der Waals surface area contributed by atoms with Crippen molar-refractivity contribution in [2.24, 2.45) is 16.8 Å². The summed E-state index contributed by atoms with van der Waals surface area (Å²) in [6.45, 7) is 4.05. The second kappa shape index (κ2) is 7.02. The molecule has 1 heterocycles. The molecule has 2 unspecified atom stereocenters. The number of hydrogen-bond donors (Lipinski definition) is 1. The van der Waals surface area contributed by atoms with Crippen molar-refractivity contribution >= 4 is 11.9 Å². The quantitative estimate of drug-likeness (QED) is 0.515. The van der Waals surface area contributed by atoms with Crippen LogP contribution in [0.5, 0.6) is 0 Å². The highest BCUT2D eigenvalue weighted by Gasteiger charge is 2.46. The molecule has 1 N–H and O–H groups in total. The molecule has 0 spiro atoms. The van der Waals surface area contributed by atoms with Crippen molar-refractivity contribution in [2.45, 2.75) is 25.2 Å². The maximum absolute atomic E-state index is 14.1. The van der Waals surface area contributed by atoms with Crippen molar-refractivity contribution in [2.75, 3.05) is 33.8 Å². The van der Waals surface area contributed by atoms with Gasteiger partial charge in [-0.05, 0) is 30.4 Å². The van der Waals surface area contributed by atoms with Crippen molar-refractivity contribution in [3.8, 4) is 0 Å². The normalized spacial score (nSPS) is 25.0. The van der Waals surface area contributed by atoms with E-state index in [0.717, 1.165) is 30.9 Å². The van der Waals surface area contributed by atoms with E-state index < -0.39 is 0 Å². The molecule has 5 nitrogen and oxygen atoms in total. The van der Waals surface area contributed by atoms with Crippen molar-refractivity contribution in [3.63, 3.8) is 0 Å². The highest BCUT2D eigenvalue weighted by molar-refractivity contribution is 5.82. The molecule has 0 amide bonds. The monoisotopic (exact) mass is 347 g/mol. The third kappa shape index (κ3) is 3.48. The van der Waals surface area contributed by atoms with Crippen LogP contribution in [0.15, 0.2) is 29.3 Å². The number of esters is 1. The lowest BCUT2D eigenvalue weighted by molar-refractivity contribution is -0.145. The molecule has 2 atom stereocenters. The van der Waals surface area contributed by atoms with Crippen LogP contribution < -0.4 is 5.32 Å². The lowest BCUT2D eigenvalue weighted by Crippen LogP contribution is -2.43. The molecule has 0 aromatic heterocycles. The summed E-state index contributed by atoms with van der Waals surface area (Å²) in [5.74, 6) is 0.533. The minimum atomic E-state index is -0.171. The van der Waals surface area contributed by atoms with Crippen LogP contribution >= 0.6 is 0 Å². The Morgan fingerprint density at radius 2 is 2.12 bits per heavy atom. The zero-order valence-electron chi connectivity index (χ0n) is 15.1. The van der Waals surface area contributed by atoms with Crippen LogP contribution in [0.2, 0.25) is 0 Å². The van der Waals surface area contributed by atoms with E-state index in [-0.39, 0.29) is 29.0 Å². The highest BCUT2D eigenvalue weighted by Crippen LogP contribution is 2.48. The maximum atomic E-state index is 14.1. The number of nitrogens with one attached hydrogen (secondary N) is 1. The average molecular weight is 347 g/mol. The second-order valence-electron chi connectivity index (χ2n) is 7.17. The van der Waals surface area contributed by atoms with Gasteiger partial charge in [-0.3, -0.25) is 9.79 Å². The Labute approximate surface area is 148 Å². The first-order valence-electron chi connectivity index (χ1n) is 8.79. The number of halogens is 1. The van der Waals surface area contributed by atoms with Crippen LogP contribution in [0.4, 0.5) is 4.39 Å². The van der Waals surface area contributed by atoms with Gasteiger partial charge >= 0.3 is 5.97 Å². The Hall–Kier alpha value is -2.11. The van der Waals surface area contributed by atoms with E-state index in [1.54, 1.807) is 13.1 Å². The van der Waals surface area contributed by atoms with Gasteiger partial charge in [0.05, 0.1) is 13.0 Å². The molecule has 3 rings (SSSR count). The molecule has 25 heavy (non-hydrogen) atoms. The van der Waals surface area contributed by atoms with Crippen LogP contribution in [0.1, 0.15) is 25.3 Å². The zero-order valence-corrected chi connectivity index (χ0v) is 15.1. The predicted octanol–water partition coefficient (Wildman–Crippen LogP) is 2.17. The lowest BCUT2D eigenvalue weighted by Gasteiger charge is -2.24. The molecule has 2 aliphatic rings. The Bertz CT molecular complexity index is 672. The maximum Gasteiger partial charge on any atom is 0.310 e. The molecular formula is C19H26FN3O2. The summed E-state index contributed by atoms with van der Waals surface area (Å²) >= 11 is 0. The highest BCUT2D eigenvalue weighted by atomic mass is 19.1. The zero-order chi connectivity index (χ0) is 18.0. The molecule has 0 radical (unpaired) electrons. The van der Waals surface area contributed by atoms with Gasteiger partial charge in [-0.1, -0.05) is 25.1 Å². The molecule has 1 aromatic rings. The van der Waals surface area contributed by atoms with E-state index in [2.05, 4.69) is 22.1 Å². The standard InChI is InChI=1S/C19H26FN3O2/c1-13-10-23(11-14(13)17(24)25-3)18(21-2)22-12-19(8-9-19)15-6-4-5-7-16(15)20/h4-7,13-14H,8-12H2,1-3H3,(H,21,22). The number of guanidine groups is 1. The van der Waals surface area contributed by atoms with Gasteiger partial charge in [-0.25, -0.2) is 4.39 Å². The van der Waals surface area contributed by atoms with Crippen LogP contribution in [0.3, 0.4) is 0 Å². The van der Waals surface area contributed by atoms with Crippen LogP contribution in [-0.4, -0.2) is 50.6 Å².